The van der Waals surface area contributed by atoms with Crippen LogP contribution in [0.2, 0.25) is 0 Å². The van der Waals surface area contributed by atoms with Gasteiger partial charge in [0.15, 0.2) is 0 Å². The van der Waals surface area contributed by atoms with Crippen LogP contribution in [0.1, 0.15) is 30.4 Å². The number of ether oxygens (including phenoxy) is 1. The summed E-state index contributed by atoms with van der Waals surface area (Å²) in [7, 11) is 0. The molecule has 0 fully saturated rings. The molecule has 0 radical (unpaired) electrons. The van der Waals surface area contributed by atoms with Crippen LogP contribution in [0.25, 0.3) is 0 Å². The van der Waals surface area contributed by atoms with Crippen molar-refractivity contribution in [3.05, 3.63) is 29.3 Å². The summed E-state index contributed by atoms with van der Waals surface area (Å²) in [5.74, 6) is -0.568. The zero-order valence-electron chi connectivity index (χ0n) is 11.9. The molecule has 0 aliphatic heterocycles. The quantitative estimate of drug-likeness (QED) is 0.742. The number of halogens is 6. The summed E-state index contributed by atoms with van der Waals surface area (Å²) in [5, 5.41) is 18.1. The fraction of sp³-hybridized carbons (Fsp3) is 0.571. The van der Waals surface area contributed by atoms with E-state index in [1.807, 2.05) is 0 Å². The number of alkyl halides is 6. The predicted molar refractivity (Wildman–Crippen MR) is 68.9 cm³/mol. The smallest absolute Gasteiger partial charge is 0.416 e. The van der Waals surface area contributed by atoms with Gasteiger partial charge in [-0.15, -0.1) is 0 Å². The molecule has 23 heavy (non-hydrogen) atoms. The van der Waals surface area contributed by atoms with Crippen molar-refractivity contribution in [1.82, 2.24) is 0 Å². The highest BCUT2D eigenvalue weighted by Crippen LogP contribution is 2.38. The molecule has 9 heteroatoms. The minimum Gasteiger partial charge on any atom is -0.493 e. The van der Waals surface area contributed by atoms with Gasteiger partial charge in [-0.2, -0.15) is 26.3 Å². The summed E-state index contributed by atoms with van der Waals surface area (Å²) >= 11 is 0. The van der Waals surface area contributed by atoms with E-state index in [4.69, 9.17) is 9.84 Å². The Morgan fingerprint density at radius 3 is 1.87 bits per heavy atom. The van der Waals surface area contributed by atoms with Crippen LogP contribution >= 0.6 is 0 Å². The first-order valence-corrected chi connectivity index (χ1v) is 6.75. The van der Waals surface area contributed by atoms with Crippen molar-refractivity contribution in [1.29, 1.82) is 0 Å². The van der Waals surface area contributed by atoms with Gasteiger partial charge < -0.3 is 14.9 Å². The third kappa shape index (κ3) is 6.66. The zero-order valence-corrected chi connectivity index (χ0v) is 11.9. The Kier molecular flexibility index (Phi) is 6.69. The van der Waals surface area contributed by atoms with E-state index in [0.29, 0.717) is 18.6 Å². The summed E-state index contributed by atoms with van der Waals surface area (Å²) in [6.45, 7) is -0.369. The lowest BCUT2D eigenvalue weighted by Crippen LogP contribution is -2.14. The lowest BCUT2D eigenvalue weighted by atomic mass is 10.1. The SMILES string of the molecule is OCCC[C@@H](O)CCOc1cc(C(F)(F)F)cc(C(F)(F)F)c1. The maximum Gasteiger partial charge on any atom is 0.416 e. The van der Waals surface area contributed by atoms with Crippen molar-refractivity contribution in [3.8, 4) is 5.75 Å². The fourth-order valence-corrected chi connectivity index (χ4v) is 1.79. The topological polar surface area (TPSA) is 49.7 Å². The van der Waals surface area contributed by atoms with E-state index in [1.54, 1.807) is 0 Å². The van der Waals surface area contributed by atoms with Crippen molar-refractivity contribution in [2.75, 3.05) is 13.2 Å². The van der Waals surface area contributed by atoms with Gasteiger partial charge >= 0.3 is 12.4 Å². The molecule has 0 saturated heterocycles. The van der Waals surface area contributed by atoms with Gasteiger partial charge in [0.25, 0.3) is 0 Å². The molecular weight excluding hydrogens is 330 g/mol. The molecule has 1 aromatic rings. The van der Waals surface area contributed by atoms with Crippen molar-refractivity contribution in [2.24, 2.45) is 0 Å². The molecule has 1 atom stereocenters. The van der Waals surface area contributed by atoms with E-state index in [2.05, 4.69) is 0 Å². The Bertz CT molecular complexity index is 466. The summed E-state index contributed by atoms with van der Waals surface area (Å²) < 4.78 is 80.7. The average Bonchev–Trinajstić information content (AvgIpc) is 2.43. The molecule has 0 heterocycles. The molecule has 0 bridgehead atoms. The minimum absolute atomic E-state index is 0.0168. The molecule has 1 rings (SSSR count). The standard InChI is InChI=1S/C14H16F6O3/c15-13(16,17)9-6-10(14(18,19)20)8-12(7-9)23-5-3-11(22)2-1-4-21/h6-8,11,21-22H,1-5H2/t11-/m1/s1. The first-order valence-electron chi connectivity index (χ1n) is 6.75. The van der Waals surface area contributed by atoms with E-state index in [-0.39, 0.29) is 32.1 Å². The van der Waals surface area contributed by atoms with Crippen LogP contribution in [-0.4, -0.2) is 29.5 Å². The monoisotopic (exact) mass is 346 g/mol. The highest BCUT2D eigenvalue weighted by Gasteiger charge is 2.37. The zero-order chi connectivity index (χ0) is 17.7. The lowest BCUT2D eigenvalue weighted by Gasteiger charge is -2.15. The second-order valence-electron chi connectivity index (χ2n) is 4.90. The van der Waals surface area contributed by atoms with Gasteiger partial charge in [0.1, 0.15) is 5.75 Å². The average molecular weight is 346 g/mol. The first-order chi connectivity index (χ1) is 10.5. The van der Waals surface area contributed by atoms with Crippen LogP contribution in [0.5, 0.6) is 5.75 Å². The molecule has 0 unspecified atom stereocenters. The van der Waals surface area contributed by atoms with Crippen molar-refractivity contribution in [3.63, 3.8) is 0 Å². The maximum atomic E-state index is 12.6. The molecular formula is C14H16F6O3. The maximum absolute atomic E-state index is 12.6. The molecule has 0 saturated carbocycles. The largest absolute Gasteiger partial charge is 0.493 e. The number of benzene rings is 1. The van der Waals surface area contributed by atoms with E-state index >= 15 is 0 Å². The Balaban J connectivity index is 2.81. The summed E-state index contributed by atoms with van der Waals surface area (Å²) in [6.07, 6.45) is -10.1. The Morgan fingerprint density at radius 1 is 0.913 bits per heavy atom. The minimum atomic E-state index is -4.93. The van der Waals surface area contributed by atoms with Crippen molar-refractivity contribution < 1.29 is 41.3 Å². The third-order valence-corrected chi connectivity index (χ3v) is 2.98. The second-order valence-corrected chi connectivity index (χ2v) is 4.90. The Hall–Kier alpha value is -1.48. The van der Waals surface area contributed by atoms with Gasteiger partial charge in [0.05, 0.1) is 23.8 Å². The van der Waals surface area contributed by atoms with E-state index in [0.717, 1.165) is 0 Å². The molecule has 132 valence electrons. The number of aliphatic hydroxyl groups is 2. The highest BCUT2D eigenvalue weighted by molar-refractivity contribution is 5.37. The molecule has 0 aliphatic carbocycles. The van der Waals surface area contributed by atoms with Gasteiger partial charge in [0, 0.05) is 13.0 Å². The van der Waals surface area contributed by atoms with Gasteiger partial charge in [-0.25, -0.2) is 0 Å². The number of hydrogen-bond donors (Lipinski definition) is 2. The molecule has 0 amide bonds. The van der Waals surface area contributed by atoms with Gasteiger partial charge in [0.2, 0.25) is 0 Å². The van der Waals surface area contributed by atoms with Crippen LogP contribution in [0.4, 0.5) is 26.3 Å². The van der Waals surface area contributed by atoms with Crippen molar-refractivity contribution in [2.45, 2.75) is 37.7 Å². The predicted octanol–water partition coefficient (Wildman–Crippen LogP) is 3.63. The van der Waals surface area contributed by atoms with Gasteiger partial charge in [-0.3, -0.25) is 0 Å². The summed E-state index contributed by atoms with van der Waals surface area (Å²) in [6, 6.07) is 0.980. The summed E-state index contributed by atoms with van der Waals surface area (Å²) in [4.78, 5) is 0. The number of hydrogen-bond acceptors (Lipinski definition) is 3. The third-order valence-electron chi connectivity index (χ3n) is 2.98. The van der Waals surface area contributed by atoms with Crippen LogP contribution in [-0.2, 0) is 12.4 Å². The van der Waals surface area contributed by atoms with E-state index in [9.17, 15) is 31.4 Å². The van der Waals surface area contributed by atoms with E-state index < -0.39 is 35.3 Å². The Labute approximate surface area is 128 Å². The van der Waals surface area contributed by atoms with Gasteiger partial charge in [-0.05, 0) is 31.0 Å². The van der Waals surface area contributed by atoms with Crippen molar-refractivity contribution >= 4 is 0 Å². The lowest BCUT2D eigenvalue weighted by molar-refractivity contribution is -0.143. The molecule has 0 spiro atoms. The van der Waals surface area contributed by atoms with Crippen LogP contribution < -0.4 is 4.74 Å². The van der Waals surface area contributed by atoms with Crippen LogP contribution in [0, 0.1) is 0 Å². The fourth-order valence-electron chi connectivity index (χ4n) is 1.79. The molecule has 0 aliphatic rings. The van der Waals surface area contributed by atoms with Crippen LogP contribution in [0.3, 0.4) is 0 Å². The molecule has 3 nitrogen and oxygen atoms in total. The number of aliphatic hydroxyl groups excluding tert-OH is 2. The molecule has 0 aromatic heterocycles. The number of rotatable bonds is 7. The molecule has 1 aromatic carbocycles. The Morgan fingerprint density at radius 2 is 1.43 bits per heavy atom. The molecule has 2 N–H and O–H groups in total. The second kappa shape index (κ2) is 7.87. The normalized spacial score (nSPS) is 13.9. The highest BCUT2D eigenvalue weighted by atomic mass is 19.4. The summed E-state index contributed by atoms with van der Waals surface area (Å²) in [5.41, 5.74) is -2.91. The van der Waals surface area contributed by atoms with Crippen LogP contribution in [0.15, 0.2) is 18.2 Å². The first kappa shape index (κ1) is 19.6. The van der Waals surface area contributed by atoms with Gasteiger partial charge in [-0.1, -0.05) is 0 Å². The van der Waals surface area contributed by atoms with E-state index in [1.165, 1.54) is 0 Å².